The number of likely N-dealkylation sites (tertiary alicyclic amines) is 1. The van der Waals surface area contributed by atoms with E-state index in [-0.39, 0.29) is 17.7 Å². The second kappa shape index (κ2) is 5.93. The topological polar surface area (TPSA) is 57.6 Å². The van der Waals surface area contributed by atoms with Gasteiger partial charge in [-0.25, -0.2) is 0 Å². The van der Waals surface area contributed by atoms with Crippen molar-refractivity contribution in [3.63, 3.8) is 0 Å². The molecule has 24 heavy (non-hydrogen) atoms. The summed E-state index contributed by atoms with van der Waals surface area (Å²) >= 11 is 0. The van der Waals surface area contributed by atoms with Crippen LogP contribution in [0.5, 0.6) is 0 Å². The van der Waals surface area contributed by atoms with Gasteiger partial charge < -0.3 is 10.0 Å². The van der Waals surface area contributed by atoms with E-state index >= 15 is 0 Å². The quantitative estimate of drug-likeness (QED) is 0.943. The summed E-state index contributed by atoms with van der Waals surface area (Å²) in [5.74, 6) is -0.736. The first kappa shape index (κ1) is 15.2. The van der Waals surface area contributed by atoms with E-state index in [0.717, 1.165) is 12.8 Å². The fraction of sp³-hybridized carbons (Fsp3) is 0.400. The van der Waals surface area contributed by atoms with Crippen molar-refractivity contribution in [3.8, 4) is 0 Å². The number of carbonyl (C=O) groups is 2. The summed E-state index contributed by atoms with van der Waals surface area (Å²) in [6.45, 7) is 1.07. The summed E-state index contributed by atoms with van der Waals surface area (Å²) in [5.41, 5.74) is 1.22. The molecule has 1 aliphatic carbocycles. The molecule has 2 aromatic carbocycles. The van der Waals surface area contributed by atoms with Crippen LogP contribution in [-0.4, -0.2) is 35.0 Å². The first-order chi connectivity index (χ1) is 11.6. The lowest BCUT2D eigenvalue weighted by Gasteiger charge is -2.31. The minimum atomic E-state index is -0.783. The van der Waals surface area contributed by atoms with Crippen LogP contribution in [-0.2, 0) is 9.59 Å². The maximum Gasteiger partial charge on any atom is 0.308 e. The number of carbonyl (C=O) groups excluding carboxylic acids is 1. The van der Waals surface area contributed by atoms with Gasteiger partial charge in [0.15, 0.2) is 0 Å². The Bertz CT molecular complexity index is 800. The van der Waals surface area contributed by atoms with Gasteiger partial charge >= 0.3 is 5.97 Å². The van der Waals surface area contributed by atoms with Crippen molar-refractivity contribution in [1.29, 1.82) is 0 Å². The second-order valence-electron chi connectivity index (χ2n) is 7.02. The monoisotopic (exact) mass is 323 g/mol. The summed E-state index contributed by atoms with van der Waals surface area (Å²) < 4.78 is 0. The van der Waals surface area contributed by atoms with E-state index in [1.165, 1.54) is 16.3 Å². The number of benzene rings is 2. The molecule has 0 unspecified atom stereocenters. The second-order valence-corrected chi connectivity index (χ2v) is 7.02. The third kappa shape index (κ3) is 2.77. The van der Waals surface area contributed by atoms with Gasteiger partial charge in [0, 0.05) is 19.0 Å². The van der Waals surface area contributed by atoms with Crippen LogP contribution in [0.3, 0.4) is 0 Å². The van der Waals surface area contributed by atoms with Gasteiger partial charge in [-0.15, -0.1) is 0 Å². The van der Waals surface area contributed by atoms with Crippen molar-refractivity contribution < 1.29 is 14.7 Å². The standard InChI is InChI=1S/C20H21NO3/c22-19(21-9-3-6-16(12-21)20(23)24)18-11-17(18)15-8-7-13-4-1-2-5-14(13)10-15/h1-2,4-5,7-8,10,16-18H,3,6,9,11-12H2,(H,23,24)/t16-,17-,18-/m1/s1. The van der Waals surface area contributed by atoms with Crippen LogP contribution in [0, 0.1) is 11.8 Å². The van der Waals surface area contributed by atoms with Crippen molar-refractivity contribution in [1.82, 2.24) is 4.90 Å². The number of aliphatic carboxylic acids is 1. The van der Waals surface area contributed by atoms with Crippen LogP contribution in [0.25, 0.3) is 10.8 Å². The summed E-state index contributed by atoms with van der Waals surface area (Å²) in [6, 6.07) is 14.7. The van der Waals surface area contributed by atoms with Gasteiger partial charge in [-0.3, -0.25) is 9.59 Å². The average molecular weight is 323 g/mol. The van der Waals surface area contributed by atoms with Crippen LogP contribution in [0.1, 0.15) is 30.7 Å². The maximum absolute atomic E-state index is 12.7. The van der Waals surface area contributed by atoms with Gasteiger partial charge in [-0.05, 0) is 41.5 Å². The highest BCUT2D eigenvalue weighted by atomic mass is 16.4. The highest BCUT2D eigenvalue weighted by molar-refractivity contribution is 5.86. The summed E-state index contributed by atoms with van der Waals surface area (Å²) in [7, 11) is 0. The van der Waals surface area contributed by atoms with Gasteiger partial charge in [0.1, 0.15) is 0 Å². The van der Waals surface area contributed by atoms with E-state index in [2.05, 4.69) is 30.3 Å². The minimum Gasteiger partial charge on any atom is -0.481 e. The molecule has 2 aliphatic rings. The number of rotatable bonds is 3. The predicted octanol–water partition coefficient (Wildman–Crippen LogP) is 3.27. The Morgan fingerprint density at radius 2 is 1.88 bits per heavy atom. The highest BCUT2D eigenvalue weighted by Gasteiger charge is 2.46. The molecule has 1 aliphatic heterocycles. The molecule has 4 rings (SSSR count). The van der Waals surface area contributed by atoms with E-state index in [4.69, 9.17) is 0 Å². The maximum atomic E-state index is 12.7. The largest absolute Gasteiger partial charge is 0.481 e. The molecule has 0 aromatic heterocycles. The normalized spacial score (nSPS) is 26.3. The molecule has 1 heterocycles. The van der Waals surface area contributed by atoms with E-state index < -0.39 is 11.9 Å². The van der Waals surface area contributed by atoms with Gasteiger partial charge in [0.2, 0.25) is 5.91 Å². The third-order valence-electron chi connectivity index (χ3n) is 5.39. The Balaban J connectivity index is 1.46. The molecule has 0 radical (unpaired) electrons. The predicted molar refractivity (Wildman–Crippen MR) is 91.7 cm³/mol. The van der Waals surface area contributed by atoms with Crippen LogP contribution in [0.15, 0.2) is 42.5 Å². The lowest BCUT2D eigenvalue weighted by molar-refractivity contribution is -0.146. The van der Waals surface area contributed by atoms with Gasteiger partial charge in [0.25, 0.3) is 0 Å². The fourth-order valence-electron chi connectivity index (χ4n) is 3.89. The van der Waals surface area contributed by atoms with Crippen molar-refractivity contribution in [2.24, 2.45) is 11.8 Å². The summed E-state index contributed by atoms with van der Waals surface area (Å²) in [5, 5.41) is 11.6. The van der Waals surface area contributed by atoms with Crippen molar-refractivity contribution >= 4 is 22.6 Å². The number of fused-ring (bicyclic) bond motifs is 1. The minimum absolute atomic E-state index is 0.0266. The van der Waals surface area contributed by atoms with E-state index in [0.29, 0.717) is 19.5 Å². The Morgan fingerprint density at radius 3 is 2.67 bits per heavy atom. The van der Waals surface area contributed by atoms with Gasteiger partial charge in [-0.1, -0.05) is 42.5 Å². The van der Waals surface area contributed by atoms with Crippen molar-refractivity contribution in [3.05, 3.63) is 48.0 Å². The number of piperidine rings is 1. The van der Waals surface area contributed by atoms with Crippen molar-refractivity contribution in [2.75, 3.05) is 13.1 Å². The summed E-state index contributed by atoms with van der Waals surface area (Å²) in [4.78, 5) is 25.7. The lowest BCUT2D eigenvalue weighted by Crippen LogP contribution is -2.43. The molecule has 124 valence electrons. The Morgan fingerprint density at radius 1 is 1.08 bits per heavy atom. The molecular weight excluding hydrogens is 302 g/mol. The molecule has 2 aromatic rings. The first-order valence-corrected chi connectivity index (χ1v) is 8.64. The zero-order chi connectivity index (χ0) is 16.7. The SMILES string of the molecule is O=C(O)[C@@H]1CCCN(C(=O)[C@@H]2C[C@@H]2c2ccc3ccccc3c2)C1. The number of carboxylic acids is 1. The molecule has 1 N–H and O–H groups in total. The Hall–Kier alpha value is -2.36. The Kier molecular flexibility index (Phi) is 3.75. The fourth-order valence-corrected chi connectivity index (χ4v) is 3.89. The zero-order valence-electron chi connectivity index (χ0n) is 13.5. The van der Waals surface area contributed by atoms with Gasteiger partial charge in [-0.2, -0.15) is 0 Å². The Labute approximate surface area is 141 Å². The number of nitrogens with zero attached hydrogens (tertiary/aromatic N) is 1. The molecule has 3 atom stereocenters. The van der Waals surface area contributed by atoms with E-state index in [1.54, 1.807) is 4.90 Å². The summed E-state index contributed by atoms with van der Waals surface area (Å²) in [6.07, 6.45) is 2.35. The van der Waals surface area contributed by atoms with Crippen molar-refractivity contribution in [2.45, 2.75) is 25.2 Å². The molecule has 2 fully saturated rings. The molecule has 4 nitrogen and oxygen atoms in total. The molecule has 1 saturated carbocycles. The molecule has 0 spiro atoms. The molecular formula is C20H21NO3. The highest BCUT2D eigenvalue weighted by Crippen LogP contribution is 2.49. The third-order valence-corrected chi connectivity index (χ3v) is 5.39. The number of hydrogen-bond acceptors (Lipinski definition) is 2. The van der Waals surface area contributed by atoms with Crippen LogP contribution in [0.2, 0.25) is 0 Å². The number of hydrogen-bond donors (Lipinski definition) is 1. The lowest BCUT2D eigenvalue weighted by atomic mass is 9.97. The zero-order valence-corrected chi connectivity index (χ0v) is 13.5. The molecule has 0 bridgehead atoms. The molecule has 1 amide bonds. The van der Waals surface area contributed by atoms with Crippen LogP contribution < -0.4 is 0 Å². The first-order valence-electron chi connectivity index (χ1n) is 8.64. The average Bonchev–Trinajstić information content (AvgIpc) is 3.41. The van der Waals surface area contributed by atoms with E-state index in [1.807, 2.05) is 12.1 Å². The number of carboxylic acid groups (broad SMARTS) is 1. The van der Waals surface area contributed by atoms with Crippen LogP contribution >= 0.6 is 0 Å². The smallest absolute Gasteiger partial charge is 0.308 e. The number of amides is 1. The molecule has 1 saturated heterocycles. The van der Waals surface area contributed by atoms with E-state index in [9.17, 15) is 14.7 Å². The molecule has 4 heteroatoms. The van der Waals surface area contributed by atoms with Crippen LogP contribution in [0.4, 0.5) is 0 Å². The van der Waals surface area contributed by atoms with Gasteiger partial charge in [0.05, 0.1) is 5.92 Å².